The molecular weight excluding hydrogens is 770 g/mol. The van der Waals surface area contributed by atoms with E-state index in [0.717, 1.165) is 31.4 Å². The Morgan fingerprint density at radius 2 is 1.62 bits per heavy atom. The molecular formula is C52H76FNO5S. The van der Waals surface area contributed by atoms with E-state index >= 15 is 0 Å². The summed E-state index contributed by atoms with van der Waals surface area (Å²) < 4.78 is 44.9. The lowest BCUT2D eigenvalue weighted by Crippen LogP contribution is -2.68. The Morgan fingerprint density at radius 3 is 2.27 bits per heavy atom. The first-order valence-electron chi connectivity index (χ1n) is 23.8. The first kappa shape index (κ1) is 44.3. The van der Waals surface area contributed by atoms with Gasteiger partial charge in [0.05, 0.1) is 16.3 Å². The maximum atomic E-state index is 14.8. The van der Waals surface area contributed by atoms with Crippen LogP contribution in [0.2, 0.25) is 0 Å². The van der Waals surface area contributed by atoms with Gasteiger partial charge in [-0.3, -0.25) is 4.79 Å². The fourth-order valence-electron chi connectivity index (χ4n) is 16.1. The van der Waals surface area contributed by atoms with Crippen LogP contribution in [0, 0.1) is 56.7 Å². The molecule has 0 aromatic heterocycles. The number of ether oxygens (including phenoxy) is 1. The summed E-state index contributed by atoms with van der Waals surface area (Å²) in [7, 11) is -3.07. The van der Waals surface area contributed by atoms with Crippen LogP contribution in [0.25, 0.3) is 0 Å². The summed E-state index contributed by atoms with van der Waals surface area (Å²) in [6.07, 6.45) is 23.6. The number of aliphatic hydroxyl groups is 1. The second kappa shape index (κ2) is 15.8. The molecule has 0 radical (unpaired) electrons. The van der Waals surface area contributed by atoms with Crippen molar-refractivity contribution in [3.63, 3.8) is 0 Å². The summed E-state index contributed by atoms with van der Waals surface area (Å²) in [5.74, 6) is 2.40. The summed E-state index contributed by atoms with van der Waals surface area (Å²) in [5.41, 5.74) is 2.42. The minimum Gasteiger partial charge on any atom is -0.460 e. The van der Waals surface area contributed by atoms with Crippen molar-refractivity contribution in [2.75, 3.05) is 19.5 Å². The minimum absolute atomic E-state index is 0.0272. The Morgan fingerprint density at radius 1 is 0.883 bits per heavy atom. The van der Waals surface area contributed by atoms with Crippen LogP contribution < -0.4 is 5.32 Å². The molecule has 332 valence electrons. The Hall–Kier alpha value is -2.29. The Labute approximate surface area is 362 Å². The zero-order valence-electron chi connectivity index (χ0n) is 37.8. The summed E-state index contributed by atoms with van der Waals surface area (Å²) in [4.78, 5) is 13.4. The van der Waals surface area contributed by atoms with Gasteiger partial charge in [0.25, 0.3) is 0 Å². The molecule has 7 aliphatic rings. The fraction of sp³-hybridized carbons (Fsp3) is 0.750. The van der Waals surface area contributed by atoms with E-state index in [1.165, 1.54) is 55.9 Å². The number of esters is 1. The van der Waals surface area contributed by atoms with Gasteiger partial charge in [-0.2, -0.15) is 0 Å². The van der Waals surface area contributed by atoms with Crippen molar-refractivity contribution < 1.29 is 27.4 Å². The molecule has 0 bridgehead atoms. The molecule has 60 heavy (non-hydrogen) atoms. The van der Waals surface area contributed by atoms with E-state index in [1.54, 1.807) is 0 Å². The van der Waals surface area contributed by atoms with E-state index in [4.69, 9.17) is 4.74 Å². The van der Waals surface area contributed by atoms with E-state index in [1.807, 2.05) is 30.3 Å². The average molecular weight is 846 g/mol. The molecule has 5 saturated carbocycles. The summed E-state index contributed by atoms with van der Waals surface area (Å²) in [6, 6.07) is 9.65. The van der Waals surface area contributed by atoms with Crippen LogP contribution in [-0.2, 0) is 26.0 Å². The third kappa shape index (κ3) is 7.15. The van der Waals surface area contributed by atoms with E-state index in [2.05, 4.69) is 64.7 Å². The Bertz CT molecular complexity index is 1970. The fourth-order valence-corrected chi connectivity index (χ4v) is 17.2. The number of benzene rings is 1. The lowest BCUT2D eigenvalue weighted by atomic mass is 9.33. The number of halogens is 1. The van der Waals surface area contributed by atoms with Crippen molar-refractivity contribution >= 4 is 15.8 Å². The highest BCUT2D eigenvalue weighted by molar-refractivity contribution is 7.91. The Kier molecular flexibility index (Phi) is 11.6. The highest BCUT2D eigenvalue weighted by Gasteiger charge is 2.70. The van der Waals surface area contributed by atoms with Crippen molar-refractivity contribution in [3.05, 3.63) is 71.8 Å². The van der Waals surface area contributed by atoms with Gasteiger partial charge in [-0.25, -0.2) is 12.8 Å². The highest BCUT2D eigenvalue weighted by atomic mass is 32.2. The number of nitrogens with one attached hydrogen (secondary N) is 1. The number of carbonyl (C=O) groups is 1. The van der Waals surface area contributed by atoms with Gasteiger partial charge in [-0.05, 0) is 184 Å². The Balaban J connectivity index is 0.976. The number of allylic oxidation sites excluding steroid dienone is 5. The lowest BCUT2D eigenvalue weighted by molar-refractivity contribution is -0.220. The molecule has 0 unspecified atom stereocenters. The van der Waals surface area contributed by atoms with Crippen LogP contribution >= 0.6 is 0 Å². The van der Waals surface area contributed by atoms with E-state index < -0.39 is 33.5 Å². The maximum Gasteiger partial charge on any atom is 0.315 e. The molecule has 5 fully saturated rings. The monoisotopic (exact) mass is 846 g/mol. The third-order valence-electron chi connectivity index (χ3n) is 19.8. The summed E-state index contributed by atoms with van der Waals surface area (Å²) in [6.45, 7) is 17.6. The van der Waals surface area contributed by atoms with Crippen molar-refractivity contribution in [2.24, 2.45) is 56.7 Å². The van der Waals surface area contributed by atoms with E-state index in [0.29, 0.717) is 81.0 Å². The van der Waals surface area contributed by atoms with Crippen molar-refractivity contribution in [3.8, 4) is 0 Å². The lowest BCUT2D eigenvalue weighted by Gasteiger charge is -2.72. The predicted molar refractivity (Wildman–Crippen MR) is 239 cm³/mol. The van der Waals surface area contributed by atoms with Gasteiger partial charge >= 0.3 is 5.97 Å². The van der Waals surface area contributed by atoms with Gasteiger partial charge in [-0.15, -0.1) is 6.58 Å². The predicted octanol–water partition coefficient (Wildman–Crippen LogP) is 11.1. The van der Waals surface area contributed by atoms with Gasteiger partial charge in [-0.1, -0.05) is 83.2 Å². The molecule has 1 aromatic carbocycles. The topological polar surface area (TPSA) is 92.7 Å². The molecule has 10 atom stereocenters. The zero-order valence-corrected chi connectivity index (χ0v) is 38.6. The first-order chi connectivity index (χ1) is 28.3. The zero-order chi connectivity index (χ0) is 43.0. The van der Waals surface area contributed by atoms with Crippen LogP contribution in [0.1, 0.15) is 149 Å². The maximum absolute atomic E-state index is 14.8. The molecule has 0 saturated heterocycles. The molecule has 0 heterocycles. The first-order valence-corrected chi connectivity index (χ1v) is 25.7. The van der Waals surface area contributed by atoms with Gasteiger partial charge in [0.1, 0.15) is 23.1 Å². The standard InChI is InChI=1S/C52H76FNO5S/c1-8-37-18-29-52(54-33-32-51(56)27-19-39(20-28-51)60(7,57)58)31-30-48(5)41(44(37)52)14-15-43-47(4)23-21-40(46(2,3)42(47)22-24-49(43,48)6)38-16-25-50(35-53,26-17-38)45(55)59-34-36-12-10-9-11-13-36/h8-13,16,21,37,39,41-44,54,56H,1,14-15,17-20,22-35H2,2-7H3/t37-,39-,41-,42+,43-,44-,47+,48-,49-,50+,51-,52+/m1/s1. The quantitative estimate of drug-likeness (QED) is 0.170. The molecule has 0 spiro atoms. The van der Waals surface area contributed by atoms with Gasteiger partial charge in [0.15, 0.2) is 0 Å². The molecule has 8 heteroatoms. The normalized spacial score (nSPS) is 43.6. The van der Waals surface area contributed by atoms with Crippen molar-refractivity contribution in [1.29, 1.82) is 0 Å². The third-order valence-corrected chi connectivity index (χ3v) is 21.4. The van der Waals surface area contributed by atoms with Crippen molar-refractivity contribution in [1.82, 2.24) is 5.32 Å². The molecule has 0 amide bonds. The second-order valence-electron chi connectivity index (χ2n) is 22.7. The smallest absolute Gasteiger partial charge is 0.315 e. The molecule has 7 aliphatic carbocycles. The molecule has 0 aliphatic heterocycles. The second-order valence-corrected chi connectivity index (χ2v) is 25.0. The van der Waals surface area contributed by atoms with Gasteiger partial charge < -0.3 is 15.2 Å². The van der Waals surface area contributed by atoms with Crippen LogP contribution in [0.15, 0.2) is 66.3 Å². The van der Waals surface area contributed by atoms with Crippen LogP contribution in [0.4, 0.5) is 4.39 Å². The van der Waals surface area contributed by atoms with Crippen LogP contribution in [-0.4, -0.2) is 55.4 Å². The number of rotatable bonds is 11. The van der Waals surface area contributed by atoms with E-state index in [-0.39, 0.29) is 39.1 Å². The summed E-state index contributed by atoms with van der Waals surface area (Å²) >= 11 is 0. The number of fused-ring (bicyclic) bond motifs is 7. The van der Waals surface area contributed by atoms with Crippen LogP contribution in [0.5, 0.6) is 0 Å². The highest BCUT2D eigenvalue weighted by Crippen LogP contribution is 2.76. The van der Waals surface area contributed by atoms with Crippen molar-refractivity contribution in [2.45, 2.75) is 167 Å². The number of hydrogen-bond donors (Lipinski definition) is 2. The average Bonchev–Trinajstić information content (AvgIpc) is 3.59. The number of hydrogen-bond acceptors (Lipinski definition) is 6. The number of carbonyl (C=O) groups excluding carboxylic acids is 1. The molecule has 2 N–H and O–H groups in total. The molecule has 1 aromatic rings. The molecule has 8 rings (SSSR count). The molecule has 6 nitrogen and oxygen atoms in total. The van der Waals surface area contributed by atoms with Gasteiger partial charge in [0.2, 0.25) is 0 Å². The van der Waals surface area contributed by atoms with Crippen LogP contribution in [0.3, 0.4) is 0 Å². The van der Waals surface area contributed by atoms with E-state index in [9.17, 15) is 22.7 Å². The van der Waals surface area contributed by atoms with Gasteiger partial charge in [0, 0.05) is 11.8 Å². The SMILES string of the molecule is C=C[C@@H]1CC[C@]2(NCC[C@]3(O)CC[C@H](S(C)(=O)=O)CC3)CC[C@]3(C)[C@H](CC[C@@H]4[C@@]5(C)CC=C(C6=CC[C@](CF)(C(=O)OCc7ccccc7)CC6)C(C)(C)[C@@H]5CC[C@]43C)[C@@H]12. The minimum atomic E-state index is -3.07. The summed E-state index contributed by atoms with van der Waals surface area (Å²) in [5, 5.41) is 15.4. The number of sulfone groups is 1. The number of alkyl halides is 1. The largest absolute Gasteiger partial charge is 0.460 e.